The first-order chi connectivity index (χ1) is 6.37. The zero-order valence-corrected chi connectivity index (χ0v) is 11.7. The third-order valence-electron chi connectivity index (χ3n) is 2.82. The zero-order valence-electron chi connectivity index (χ0n) is 9.54. The normalized spacial score (nSPS) is 12.7. The van der Waals surface area contributed by atoms with Crippen LogP contribution in [0.5, 0.6) is 0 Å². The van der Waals surface area contributed by atoms with Crippen molar-refractivity contribution < 1.29 is 19.8 Å². The molecule has 0 bridgehead atoms. The summed E-state index contributed by atoms with van der Waals surface area (Å²) in [5, 5.41) is 21.5. The molecule has 5 heteroatoms. The Kier molecular flexibility index (Phi) is 8.76. The van der Waals surface area contributed by atoms with Crippen LogP contribution in [0.2, 0.25) is 0 Å². The molecule has 0 rings (SSSR count). The Labute approximate surface area is 120 Å². The average molecular weight is 240 g/mol. The molecule has 0 spiro atoms. The van der Waals surface area contributed by atoms with Crippen LogP contribution in [-0.4, -0.2) is 49.7 Å². The van der Waals surface area contributed by atoms with Gasteiger partial charge < -0.3 is 19.8 Å². The summed E-state index contributed by atoms with van der Waals surface area (Å²) in [4.78, 5) is 21.5. The van der Waals surface area contributed by atoms with Crippen molar-refractivity contribution >= 4 is 49.7 Å². The van der Waals surface area contributed by atoms with Gasteiger partial charge in [0, 0.05) is 5.41 Å². The van der Waals surface area contributed by atoms with E-state index in [1.807, 2.05) is 6.92 Å². The van der Waals surface area contributed by atoms with Crippen molar-refractivity contribution in [2.75, 3.05) is 0 Å². The van der Waals surface area contributed by atoms with Gasteiger partial charge >= 0.3 is 37.7 Å². The molecular formula is C10H16CaO4. The van der Waals surface area contributed by atoms with E-state index in [9.17, 15) is 19.8 Å². The van der Waals surface area contributed by atoms with E-state index >= 15 is 0 Å². The van der Waals surface area contributed by atoms with E-state index in [4.69, 9.17) is 0 Å². The van der Waals surface area contributed by atoms with Crippen LogP contribution in [0, 0.1) is 11.3 Å². The van der Waals surface area contributed by atoms with Crippen LogP contribution < -0.4 is 10.2 Å². The molecule has 0 aromatic rings. The van der Waals surface area contributed by atoms with Crippen LogP contribution >= 0.6 is 0 Å². The smallest absolute Gasteiger partial charge is 0.549 e. The fourth-order valence-electron chi connectivity index (χ4n) is 1.28. The van der Waals surface area contributed by atoms with Crippen LogP contribution in [-0.2, 0) is 9.59 Å². The SMILES string of the molecule is CCCCC(C)C(C)(C(=O)[O-])C(=O)[O-].[Ca+2]. The minimum atomic E-state index is -1.88. The summed E-state index contributed by atoms with van der Waals surface area (Å²) in [6, 6.07) is 0. The number of unbranched alkanes of at least 4 members (excludes halogenated alkanes) is 1. The number of carboxylic acid groups (broad SMARTS) is 2. The minimum Gasteiger partial charge on any atom is -0.549 e. The summed E-state index contributed by atoms with van der Waals surface area (Å²) in [5.41, 5.74) is -1.88. The van der Waals surface area contributed by atoms with Crippen molar-refractivity contribution in [3.8, 4) is 0 Å². The van der Waals surface area contributed by atoms with E-state index in [1.54, 1.807) is 6.92 Å². The van der Waals surface area contributed by atoms with E-state index < -0.39 is 23.3 Å². The van der Waals surface area contributed by atoms with Crippen LogP contribution in [0.25, 0.3) is 0 Å². The predicted molar refractivity (Wildman–Crippen MR) is 52.6 cm³/mol. The fourth-order valence-corrected chi connectivity index (χ4v) is 1.28. The van der Waals surface area contributed by atoms with E-state index in [-0.39, 0.29) is 37.7 Å². The molecule has 0 saturated carbocycles. The summed E-state index contributed by atoms with van der Waals surface area (Å²) in [5.74, 6) is -3.61. The average Bonchev–Trinajstić information content (AvgIpc) is 2.11. The van der Waals surface area contributed by atoms with Gasteiger partial charge in [-0.15, -0.1) is 0 Å². The predicted octanol–water partition coefficient (Wildman–Crippen LogP) is -1.06. The maximum absolute atomic E-state index is 10.7. The second kappa shape index (κ2) is 7.47. The molecule has 0 radical (unpaired) electrons. The molecule has 0 aliphatic heterocycles. The Balaban J connectivity index is 0. The molecule has 0 fully saturated rings. The Bertz CT molecular complexity index is 213. The van der Waals surface area contributed by atoms with Crippen molar-refractivity contribution in [3.05, 3.63) is 0 Å². The fraction of sp³-hybridized carbons (Fsp3) is 0.800. The topological polar surface area (TPSA) is 80.3 Å². The molecule has 0 aliphatic rings. The molecule has 0 heterocycles. The number of hydrogen-bond acceptors (Lipinski definition) is 4. The molecule has 4 nitrogen and oxygen atoms in total. The van der Waals surface area contributed by atoms with Gasteiger partial charge in [-0.25, -0.2) is 0 Å². The maximum atomic E-state index is 10.7. The molecule has 1 unspecified atom stereocenters. The molecule has 0 aliphatic carbocycles. The van der Waals surface area contributed by atoms with Crippen LogP contribution in [0.4, 0.5) is 0 Å². The van der Waals surface area contributed by atoms with Crippen LogP contribution in [0.1, 0.15) is 40.0 Å². The maximum Gasteiger partial charge on any atom is 2.00 e. The number of carboxylic acids is 2. The van der Waals surface area contributed by atoms with Gasteiger partial charge in [0.15, 0.2) is 0 Å². The number of hydrogen-bond donors (Lipinski definition) is 0. The molecule has 82 valence electrons. The molecule has 1 atom stereocenters. The Morgan fingerprint density at radius 1 is 1.27 bits per heavy atom. The molecule has 0 N–H and O–H groups in total. The summed E-state index contributed by atoms with van der Waals surface area (Å²) in [7, 11) is 0. The summed E-state index contributed by atoms with van der Waals surface area (Å²) in [6.45, 7) is 4.71. The van der Waals surface area contributed by atoms with Gasteiger partial charge in [-0.05, 0) is 19.3 Å². The second-order valence-electron chi connectivity index (χ2n) is 3.82. The van der Waals surface area contributed by atoms with Gasteiger partial charge in [0.25, 0.3) is 0 Å². The van der Waals surface area contributed by atoms with E-state index in [1.165, 1.54) is 0 Å². The van der Waals surface area contributed by atoms with Crippen LogP contribution in [0.15, 0.2) is 0 Å². The number of rotatable bonds is 6. The Hall–Kier alpha value is 0.200. The van der Waals surface area contributed by atoms with E-state index in [0.29, 0.717) is 6.42 Å². The molecule has 0 saturated heterocycles. The third kappa shape index (κ3) is 4.29. The molecule has 0 aromatic carbocycles. The van der Waals surface area contributed by atoms with E-state index in [2.05, 4.69) is 0 Å². The van der Waals surface area contributed by atoms with Crippen molar-refractivity contribution in [1.29, 1.82) is 0 Å². The summed E-state index contributed by atoms with van der Waals surface area (Å²) >= 11 is 0. The van der Waals surface area contributed by atoms with Crippen molar-refractivity contribution in [2.24, 2.45) is 11.3 Å². The minimum absolute atomic E-state index is 0. The molecule has 0 aromatic heterocycles. The zero-order chi connectivity index (χ0) is 11.4. The first kappa shape index (κ1) is 17.6. The third-order valence-corrected chi connectivity index (χ3v) is 2.82. The largest absolute Gasteiger partial charge is 2.00 e. The van der Waals surface area contributed by atoms with Gasteiger partial charge in [-0.2, -0.15) is 0 Å². The van der Waals surface area contributed by atoms with Gasteiger partial charge in [0.05, 0.1) is 11.9 Å². The summed E-state index contributed by atoms with van der Waals surface area (Å²) < 4.78 is 0. The Morgan fingerprint density at radius 2 is 1.67 bits per heavy atom. The monoisotopic (exact) mass is 240 g/mol. The number of carbonyl (C=O) groups excluding carboxylic acids is 2. The molecule has 0 amide bonds. The standard InChI is InChI=1S/C10H18O4.Ca/c1-4-5-6-7(2)10(3,8(11)12)9(13)14;/h7H,4-6H2,1-3H3,(H,11,12)(H,13,14);/q;+2/p-2. The number of carbonyl (C=O) groups is 2. The van der Waals surface area contributed by atoms with E-state index in [0.717, 1.165) is 19.8 Å². The second-order valence-corrected chi connectivity index (χ2v) is 3.82. The van der Waals surface area contributed by atoms with Crippen molar-refractivity contribution in [3.63, 3.8) is 0 Å². The first-order valence-corrected chi connectivity index (χ1v) is 4.80. The van der Waals surface area contributed by atoms with Gasteiger partial charge in [0.2, 0.25) is 0 Å². The number of aliphatic carboxylic acids is 2. The molecular weight excluding hydrogens is 224 g/mol. The van der Waals surface area contributed by atoms with Crippen LogP contribution in [0.3, 0.4) is 0 Å². The van der Waals surface area contributed by atoms with Gasteiger partial charge in [0.1, 0.15) is 0 Å². The van der Waals surface area contributed by atoms with Crippen molar-refractivity contribution in [2.45, 2.75) is 40.0 Å². The molecule has 15 heavy (non-hydrogen) atoms. The first-order valence-electron chi connectivity index (χ1n) is 4.80. The van der Waals surface area contributed by atoms with Crippen molar-refractivity contribution in [1.82, 2.24) is 0 Å². The van der Waals surface area contributed by atoms with Gasteiger partial charge in [-0.1, -0.05) is 26.7 Å². The summed E-state index contributed by atoms with van der Waals surface area (Å²) in [6.07, 6.45) is 2.26. The quantitative estimate of drug-likeness (QED) is 0.438. The van der Waals surface area contributed by atoms with Gasteiger partial charge in [-0.3, -0.25) is 0 Å². The Morgan fingerprint density at radius 3 is 1.93 bits per heavy atom.